The van der Waals surface area contributed by atoms with E-state index in [4.69, 9.17) is 0 Å². The fraction of sp³-hybridized carbons (Fsp3) is 0.348. The second kappa shape index (κ2) is 8.47. The molecule has 1 aliphatic carbocycles. The number of anilines is 1. The third-order valence-electron chi connectivity index (χ3n) is 5.83. The molecule has 2 aromatic rings. The maximum Gasteiger partial charge on any atom is 0.329 e. The lowest BCUT2D eigenvalue weighted by Gasteiger charge is -2.41. The Bertz CT molecular complexity index is 904. The molecule has 0 heterocycles. The summed E-state index contributed by atoms with van der Waals surface area (Å²) < 4.78 is 0. The van der Waals surface area contributed by atoms with Gasteiger partial charge < -0.3 is 14.9 Å². The molecule has 0 unspecified atom stereocenters. The van der Waals surface area contributed by atoms with Crippen molar-refractivity contribution in [2.45, 2.75) is 37.6 Å². The van der Waals surface area contributed by atoms with Crippen molar-refractivity contribution in [3.63, 3.8) is 0 Å². The highest BCUT2D eigenvalue weighted by Crippen LogP contribution is 2.34. The molecule has 1 aliphatic rings. The molecule has 1 N–H and O–H groups in total. The number of carboxylic acid groups (broad SMARTS) is 1. The van der Waals surface area contributed by atoms with Crippen molar-refractivity contribution in [3.8, 4) is 0 Å². The molecule has 0 spiro atoms. The number of rotatable bonds is 5. The van der Waals surface area contributed by atoms with Gasteiger partial charge in [0.2, 0.25) is 0 Å². The largest absolute Gasteiger partial charge is 0.479 e. The van der Waals surface area contributed by atoms with E-state index >= 15 is 0 Å². The van der Waals surface area contributed by atoms with Crippen LogP contribution in [-0.4, -0.2) is 47.4 Å². The van der Waals surface area contributed by atoms with Crippen molar-refractivity contribution in [3.05, 3.63) is 65.7 Å². The van der Waals surface area contributed by atoms with Crippen LogP contribution in [0.1, 0.15) is 52.8 Å². The first-order valence-corrected chi connectivity index (χ1v) is 9.81. The van der Waals surface area contributed by atoms with Gasteiger partial charge in [0.15, 0.2) is 0 Å². The zero-order chi connectivity index (χ0) is 21.0. The van der Waals surface area contributed by atoms with Crippen molar-refractivity contribution >= 4 is 23.5 Å². The van der Waals surface area contributed by atoms with Gasteiger partial charge in [0.25, 0.3) is 11.8 Å². The molecule has 2 aromatic carbocycles. The molecule has 1 saturated carbocycles. The van der Waals surface area contributed by atoms with Crippen molar-refractivity contribution in [2.75, 3.05) is 19.0 Å². The Balaban J connectivity index is 1.85. The monoisotopic (exact) mass is 394 g/mol. The molecule has 6 nitrogen and oxygen atoms in total. The molecule has 1 fully saturated rings. The Morgan fingerprint density at radius 2 is 1.41 bits per heavy atom. The van der Waals surface area contributed by atoms with Crippen molar-refractivity contribution in [1.29, 1.82) is 0 Å². The summed E-state index contributed by atoms with van der Waals surface area (Å²) >= 11 is 0. The zero-order valence-corrected chi connectivity index (χ0v) is 16.8. The van der Waals surface area contributed by atoms with Gasteiger partial charge in [-0.1, -0.05) is 43.5 Å². The van der Waals surface area contributed by atoms with Gasteiger partial charge in [0, 0.05) is 30.9 Å². The van der Waals surface area contributed by atoms with Gasteiger partial charge >= 0.3 is 5.97 Å². The quantitative estimate of drug-likeness (QED) is 0.836. The molecule has 0 bridgehead atoms. The number of carbonyl (C=O) groups is 3. The first kappa shape index (κ1) is 20.6. The van der Waals surface area contributed by atoms with Crippen molar-refractivity contribution < 1.29 is 19.5 Å². The summed E-state index contributed by atoms with van der Waals surface area (Å²) in [6.45, 7) is 0. The smallest absolute Gasteiger partial charge is 0.329 e. The normalized spacial score (nSPS) is 15.4. The summed E-state index contributed by atoms with van der Waals surface area (Å²) in [5.41, 5.74) is 0.254. The predicted octanol–water partition coefficient (Wildman–Crippen LogP) is 3.82. The number of amides is 2. The maximum atomic E-state index is 13.1. The summed E-state index contributed by atoms with van der Waals surface area (Å²) in [4.78, 5) is 40.9. The molecule has 152 valence electrons. The highest BCUT2D eigenvalue weighted by atomic mass is 16.4. The van der Waals surface area contributed by atoms with Gasteiger partial charge in [0.1, 0.15) is 5.54 Å². The number of aliphatic carboxylic acids is 1. The van der Waals surface area contributed by atoms with Crippen LogP contribution < -0.4 is 4.90 Å². The van der Waals surface area contributed by atoms with Crippen LogP contribution in [0.4, 0.5) is 5.69 Å². The molecular formula is C23H26N2O4. The summed E-state index contributed by atoms with van der Waals surface area (Å²) in [5, 5.41) is 9.84. The van der Waals surface area contributed by atoms with Crippen LogP contribution in [0.15, 0.2) is 54.6 Å². The predicted molar refractivity (Wildman–Crippen MR) is 111 cm³/mol. The van der Waals surface area contributed by atoms with Crippen LogP contribution in [-0.2, 0) is 4.79 Å². The number of para-hydroxylation sites is 1. The lowest BCUT2D eigenvalue weighted by Crippen LogP contribution is -2.56. The van der Waals surface area contributed by atoms with Gasteiger partial charge in [-0.2, -0.15) is 0 Å². The molecule has 0 atom stereocenters. The Hall–Kier alpha value is -3.15. The van der Waals surface area contributed by atoms with Crippen LogP contribution in [0.2, 0.25) is 0 Å². The zero-order valence-electron chi connectivity index (χ0n) is 16.8. The molecule has 29 heavy (non-hydrogen) atoms. The van der Waals surface area contributed by atoms with E-state index in [0.29, 0.717) is 24.0 Å². The van der Waals surface area contributed by atoms with Crippen molar-refractivity contribution in [1.82, 2.24) is 4.90 Å². The minimum atomic E-state index is -1.18. The van der Waals surface area contributed by atoms with E-state index < -0.39 is 11.5 Å². The summed E-state index contributed by atoms with van der Waals surface area (Å²) in [6, 6.07) is 15.7. The molecule has 0 aromatic heterocycles. The highest BCUT2D eigenvalue weighted by molar-refractivity contribution is 6.07. The van der Waals surface area contributed by atoms with Crippen LogP contribution in [0.25, 0.3) is 0 Å². The number of likely N-dealkylation sites (N-methyl/N-ethyl adjacent to an activating group) is 1. The first-order chi connectivity index (χ1) is 13.9. The molecule has 6 heteroatoms. The topological polar surface area (TPSA) is 77.9 Å². The van der Waals surface area contributed by atoms with Gasteiger partial charge in [-0.25, -0.2) is 4.79 Å². The van der Waals surface area contributed by atoms with E-state index in [1.54, 1.807) is 38.4 Å². The number of carbonyl (C=O) groups excluding carboxylic acids is 2. The second-order valence-corrected chi connectivity index (χ2v) is 7.54. The maximum absolute atomic E-state index is 13.1. The minimum Gasteiger partial charge on any atom is -0.479 e. The Morgan fingerprint density at radius 3 is 2.00 bits per heavy atom. The third-order valence-corrected chi connectivity index (χ3v) is 5.83. The third kappa shape index (κ3) is 4.01. The van der Waals surface area contributed by atoms with E-state index in [1.165, 1.54) is 9.80 Å². The summed E-state index contributed by atoms with van der Waals surface area (Å²) in [6.07, 6.45) is 3.43. The first-order valence-electron chi connectivity index (χ1n) is 9.81. The average Bonchev–Trinajstić information content (AvgIpc) is 2.78. The second-order valence-electron chi connectivity index (χ2n) is 7.54. The van der Waals surface area contributed by atoms with Crippen LogP contribution >= 0.6 is 0 Å². The Kier molecular flexibility index (Phi) is 6.01. The number of hydrogen-bond acceptors (Lipinski definition) is 3. The van der Waals surface area contributed by atoms with E-state index in [1.807, 2.05) is 30.3 Å². The van der Waals surface area contributed by atoms with Crippen molar-refractivity contribution in [2.24, 2.45) is 0 Å². The van der Waals surface area contributed by atoms with Gasteiger partial charge in [0.05, 0.1) is 0 Å². The lowest BCUT2D eigenvalue weighted by atomic mass is 9.80. The van der Waals surface area contributed by atoms with E-state index in [-0.39, 0.29) is 11.8 Å². The van der Waals surface area contributed by atoms with Crippen LogP contribution in [0, 0.1) is 0 Å². The molecule has 0 radical (unpaired) electrons. The molecule has 0 saturated heterocycles. The van der Waals surface area contributed by atoms with Gasteiger partial charge in [-0.15, -0.1) is 0 Å². The fourth-order valence-corrected chi connectivity index (χ4v) is 3.97. The number of benzene rings is 2. The average molecular weight is 394 g/mol. The minimum absolute atomic E-state index is 0.237. The molecule has 2 amide bonds. The van der Waals surface area contributed by atoms with Gasteiger partial charge in [-0.3, -0.25) is 9.59 Å². The summed E-state index contributed by atoms with van der Waals surface area (Å²) in [5.74, 6) is -1.59. The standard InChI is InChI=1S/C23H26N2O4/c1-24(19-12-5-3-6-13-19)20(26)17-10-9-11-18(16-17)21(27)25(2)23(22(28)29)14-7-4-8-15-23/h3,5-6,9-13,16H,4,7-8,14-15H2,1-2H3,(H,28,29). The lowest BCUT2D eigenvalue weighted by molar-refractivity contribution is -0.151. The van der Waals surface area contributed by atoms with Crippen LogP contribution in [0.3, 0.4) is 0 Å². The molecule has 0 aliphatic heterocycles. The van der Waals surface area contributed by atoms with E-state index in [2.05, 4.69) is 0 Å². The van der Waals surface area contributed by atoms with E-state index in [0.717, 1.165) is 24.9 Å². The van der Waals surface area contributed by atoms with Gasteiger partial charge in [-0.05, 0) is 43.2 Å². The molecule has 3 rings (SSSR count). The van der Waals surface area contributed by atoms with Crippen LogP contribution in [0.5, 0.6) is 0 Å². The Labute approximate surface area is 170 Å². The SMILES string of the molecule is CN(C(=O)c1cccc(C(=O)N(C)C2(C(=O)O)CCCCC2)c1)c1ccccc1. The Morgan fingerprint density at radius 1 is 0.828 bits per heavy atom. The summed E-state index contributed by atoms with van der Waals surface area (Å²) in [7, 11) is 3.23. The van der Waals surface area contributed by atoms with E-state index in [9.17, 15) is 19.5 Å². The number of hydrogen-bond donors (Lipinski definition) is 1. The molecular weight excluding hydrogens is 368 g/mol. The highest BCUT2D eigenvalue weighted by Gasteiger charge is 2.45. The fourth-order valence-electron chi connectivity index (χ4n) is 3.97. The number of carboxylic acids is 1. The number of nitrogens with zero attached hydrogens (tertiary/aromatic N) is 2.